The van der Waals surface area contributed by atoms with Gasteiger partial charge in [-0.1, -0.05) is 0 Å². The summed E-state index contributed by atoms with van der Waals surface area (Å²) in [6, 6.07) is 4.22. The summed E-state index contributed by atoms with van der Waals surface area (Å²) in [5, 5.41) is 7.52. The third kappa shape index (κ3) is 4.22. The number of nitrogens with one attached hydrogen (secondary N) is 1. The Morgan fingerprint density at radius 3 is 3.00 bits per heavy atom. The van der Waals surface area contributed by atoms with Gasteiger partial charge in [-0.05, 0) is 17.7 Å². The van der Waals surface area contributed by atoms with Crippen LogP contribution in [0.25, 0.3) is 0 Å². The number of aromatic nitrogens is 3. The number of methoxy groups -OCH3 is 1. The van der Waals surface area contributed by atoms with E-state index in [0.717, 1.165) is 32.7 Å². The zero-order chi connectivity index (χ0) is 13.5. The van der Waals surface area contributed by atoms with Crippen LogP contribution in [0, 0.1) is 0 Å². The molecule has 0 bridgehead atoms. The van der Waals surface area contributed by atoms with Gasteiger partial charge in [0.05, 0.1) is 6.61 Å². The lowest BCUT2D eigenvalue weighted by Crippen LogP contribution is -2.18. The van der Waals surface area contributed by atoms with Crippen molar-refractivity contribution in [1.82, 2.24) is 19.7 Å². The molecule has 0 atom stereocenters. The number of hydrogen-bond acceptors (Lipinski definition) is 3. The first-order valence-corrected chi connectivity index (χ1v) is 6.61. The second kappa shape index (κ2) is 7.11. The van der Waals surface area contributed by atoms with Gasteiger partial charge in [-0.15, -0.1) is 0 Å². The Kier molecular flexibility index (Phi) is 5.18. The Morgan fingerprint density at radius 1 is 1.37 bits per heavy atom. The van der Waals surface area contributed by atoms with E-state index >= 15 is 0 Å². The lowest BCUT2D eigenvalue weighted by Gasteiger charge is -2.04. The van der Waals surface area contributed by atoms with E-state index in [0.29, 0.717) is 0 Å². The van der Waals surface area contributed by atoms with Crippen molar-refractivity contribution in [2.45, 2.75) is 19.5 Å². The first-order valence-electron chi connectivity index (χ1n) is 6.61. The van der Waals surface area contributed by atoms with Crippen LogP contribution >= 0.6 is 0 Å². The van der Waals surface area contributed by atoms with Crippen LogP contribution in [0.5, 0.6) is 0 Å². The predicted molar refractivity (Wildman–Crippen MR) is 74.9 cm³/mol. The van der Waals surface area contributed by atoms with Crippen LogP contribution in [0.4, 0.5) is 0 Å². The fourth-order valence-electron chi connectivity index (χ4n) is 2.03. The second-order valence-corrected chi connectivity index (χ2v) is 4.62. The van der Waals surface area contributed by atoms with Crippen molar-refractivity contribution in [3.05, 3.63) is 42.0 Å². The molecule has 0 radical (unpaired) electrons. The zero-order valence-corrected chi connectivity index (χ0v) is 11.7. The van der Waals surface area contributed by atoms with E-state index in [-0.39, 0.29) is 0 Å². The highest BCUT2D eigenvalue weighted by molar-refractivity contribution is 5.10. The van der Waals surface area contributed by atoms with Gasteiger partial charge in [0.15, 0.2) is 0 Å². The molecule has 2 rings (SSSR count). The molecule has 2 aromatic rings. The van der Waals surface area contributed by atoms with Gasteiger partial charge in [-0.25, -0.2) is 0 Å². The number of ether oxygens (including phenoxy) is 1. The molecular formula is C14H22N4O. The molecule has 1 N–H and O–H groups in total. The number of aryl methyl sites for hydroxylation is 3. The standard InChI is InChI=1S/C14H22N4O/c1-17-14(3-6-16-17)5-9-18-8-4-13(12-18)11-15-7-10-19-2/h3-4,6,8,12,15H,5,7,9-11H2,1-2H3. The van der Waals surface area contributed by atoms with Crippen molar-refractivity contribution in [2.24, 2.45) is 7.05 Å². The van der Waals surface area contributed by atoms with Crippen LogP contribution in [-0.4, -0.2) is 34.6 Å². The summed E-state index contributed by atoms with van der Waals surface area (Å²) in [6.07, 6.45) is 7.16. The molecule has 0 aliphatic carbocycles. The summed E-state index contributed by atoms with van der Waals surface area (Å²) in [5.74, 6) is 0. The van der Waals surface area contributed by atoms with Gasteiger partial charge in [-0.2, -0.15) is 5.10 Å². The Balaban J connectivity index is 1.76. The molecule has 0 aliphatic heterocycles. The van der Waals surface area contributed by atoms with Crippen LogP contribution in [0.3, 0.4) is 0 Å². The van der Waals surface area contributed by atoms with Crippen molar-refractivity contribution >= 4 is 0 Å². The van der Waals surface area contributed by atoms with E-state index in [4.69, 9.17) is 4.74 Å². The van der Waals surface area contributed by atoms with Gasteiger partial charge < -0.3 is 14.6 Å². The molecular weight excluding hydrogens is 240 g/mol. The minimum atomic E-state index is 0.751. The average Bonchev–Trinajstić information content (AvgIpc) is 3.01. The maximum Gasteiger partial charge on any atom is 0.0587 e. The van der Waals surface area contributed by atoms with Crippen LogP contribution in [0.1, 0.15) is 11.3 Å². The van der Waals surface area contributed by atoms with Crippen molar-refractivity contribution in [2.75, 3.05) is 20.3 Å². The van der Waals surface area contributed by atoms with E-state index in [9.17, 15) is 0 Å². The fraction of sp³-hybridized carbons (Fsp3) is 0.500. The van der Waals surface area contributed by atoms with Crippen LogP contribution in [0.15, 0.2) is 30.7 Å². The minimum absolute atomic E-state index is 0.751. The first kappa shape index (κ1) is 13.8. The third-order valence-electron chi connectivity index (χ3n) is 3.17. The van der Waals surface area contributed by atoms with Gasteiger partial charge in [0.2, 0.25) is 0 Å². The molecule has 0 aliphatic rings. The van der Waals surface area contributed by atoms with E-state index in [1.54, 1.807) is 7.11 Å². The summed E-state index contributed by atoms with van der Waals surface area (Å²) in [6.45, 7) is 3.51. The molecule has 5 heteroatoms. The van der Waals surface area contributed by atoms with Crippen LogP contribution in [0.2, 0.25) is 0 Å². The first-order chi connectivity index (χ1) is 9.29. The van der Waals surface area contributed by atoms with Crippen molar-refractivity contribution in [3.8, 4) is 0 Å². The monoisotopic (exact) mass is 262 g/mol. The molecule has 0 unspecified atom stereocenters. The van der Waals surface area contributed by atoms with E-state index in [1.165, 1.54) is 11.3 Å². The SMILES string of the molecule is COCCNCc1ccn(CCc2ccnn2C)c1. The summed E-state index contributed by atoms with van der Waals surface area (Å²) < 4.78 is 9.15. The Hall–Kier alpha value is -1.59. The molecule has 2 heterocycles. The number of hydrogen-bond donors (Lipinski definition) is 1. The van der Waals surface area contributed by atoms with E-state index in [2.05, 4.69) is 39.5 Å². The Labute approximate surface area is 114 Å². The maximum atomic E-state index is 5.00. The second-order valence-electron chi connectivity index (χ2n) is 4.62. The fourth-order valence-corrected chi connectivity index (χ4v) is 2.03. The average molecular weight is 262 g/mol. The minimum Gasteiger partial charge on any atom is -0.383 e. The molecule has 0 fully saturated rings. The van der Waals surface area contributed by atoms with Crippen LogP contribution in [-0.2, 0) is 31.3 Å². The molecule has 104 valence electrons. The molecule has 0 saturated heterocycles. The van der Waals surface area contributed by atoms with Crippen molar-refractivity contribution in [3.63, 3.8) is 0 Å². The Bertz CT molecular complexity index is 489. The summed E-state index contributed by atoms with van der Waals surface area (Å²) in [4.78, 5) is 0. The Morgan fingerprint density at radius 2 is 2.26 bits per heavy atom. The molecule has 2 aromatic heterocycles. The van der Waals surface area contributed by atoms with Crippen molar-refractivity contribution < 1.29 is 4.74 Å². The van der Waals surface area contributed by atoms with E-state index in [1.807, 2.05) is 17.9 Å². The molecule has 5 nitrogen and oxygen atoms in total. The van der Waals surface area contributed by atoms with Gasteiger partial charge in [0.1, 0.15) is 0 Å². The van der Waals surface area contributed by atoms with Gasteiger partial charge in [0.25, 0.3) is 0 Å². The summed E-state index contributed by atoms with van der Waals surface area (Å²) in [5.41, 5.74) is 2.56. The van der Waals surface area contributed by atoms with Gasteiger partial charge in [0, 0.05) is 64.5 Å². The predicted octanol–water partition coefficient (Wildman–Crippen LogP) is 1.20. The smallest absolute Gasteiger partial charge is 0.0587 e. The summed E-state index contributed by atoms with van der Waals surface area (Å²) >= 11 is 0. The largest absolute Gasteiger partial charge is 0.383 e. The third-order valence-corrected chi connectivity index (χ3v) is 3.17. The normalized spacial score (nSPS) is 11.1. The zero-order valence-electron chi connectivity index (χ0n) is 11.7. The molecule has 0 saturated carbocycles. The van der Waals surface area contributed by atoms with E-state index < -0.39 is 0 Å². The molecule has 0 amide bonds. The summed E-state index contributed by atoms with van der Waals surface area (Å²) in [7, 11) is 3.70. The highest BCUT2D eigenvalue weighted by atomic mass is 16.5. The highest BCUT2D eigenvalue weighted by Crippen LogP contribution is 2.04. The lowest BCUT2D eigenvalue weighted by atomic mass is 10.3. The molecule has 19 heavy (non-hydrogen) atoms. The number of rotatable bonds is 8. The maximum absolute atomic E-state index is 5.00. The van der Waals surface area contributed by atoms with Gasteiger partial charge >= 0.3 is 0 Å². The number of nitrogens with zero attached hydrogens (tertiary/aromatic N) is 3. The van der Waals surface area contributed by atoms with Crippen molar-refractivity contribution in [1.29, 1.82) is 0 Å². The lowest BCUT2D eigenvalue weighted by molar-refractivity contribution is 0.199. The molecule has 0 spiro atoms. The van der Waals surface area contributed by atoms with Gasteiger partial charge in [-0.3, -0.25) is 4.68 Å². The topological polar surface area (TPSA) is 44.0 Å². The quantitative estimate of drug-likeness (QED) is 0.727. The highest BCUT2D eigenvalue weighted by Gasteiger charge is 2.00. The van der Waals surface area contributed by atoms with Crippen LogP contribution < -0.4 is 5.32 Å². The molecule has 0 aromatic carbocycles.